The summed E-state index contributed by atoms with van der Waals surface area (Å²) in [5.74, 6) is 0. The molecule has 0 saturated heterocycles. The van der Waals surface area contributed by atoms with Gasteiger partial charge in [0.25, 0.3) is 0 Å². The number of aryl methyl sites for hydroxylation is 2. The van der Waals surface area contributed by atoms with E-state index in [1.165, 1.54) is 16.7 Å². The van der Waals surface area contributed by atoms with Gasteiger partial charge in [-0.2, -0.15) is 0 Å². The Hall–Kier alpha value is -0.860. The monoisotopic (exact) mass is 220 g/mol. The Morgan fingerprint density at radius 2 is 1.88 bits per heavy atom. The van der Waals surface area contributed by atoms with Gasteiger partial charge in [-0.3, -0.25) is 0 Å². The normalized spacial score (nSPS) is 13.1. The minimum absolute atomic E-state index is 0.460. The van der Waals surface area contributed by atoms with Crippen molar-refractivity contribution in [1.82, 2.24) is 10.2 Å². The highest BCUT2D eigenvalue weighted by atomic mass is 15.1. The van der Waals surface area contributed by atoms with E-state index in [1.807, 2.05) is 7.05 Å². The molecule has 0 radical (unpaired) electrons. The molecule has 0 amide bonds. The fourth-order valence-corrected chi connectivity index (χ4v) is 1.85. The number of hydrogen-bond donors (Lipinski definition) is 1. The number of hydrogen-bond acceptors (Lipinski definition) is 2. The molecule has 1 N–H and O–H groups in total. The Balaban J connectivity index is 2.74. The molecular weight excluding hydrogens is 196 g/mol. The largest absolute Gasteiger partial charge is 0.313 e. The molecule has 0 bridgehead atoms. The predicted molar refractivity (Wildman–Crippen MR) is 70.9 cm³/mol. The van der Waals surface area contributed by atoms with Crippen LogP contribution in [0.1, 0.15) is 29.2 Å². The SMILES string of the molecule is CNC(CCN(C)C)c1ccc(C)c(C)c1. The van der Waals surface area contributed by atoms with Crippen LogP contribution in [0.25, 0.3) is 0 Å². The van der Waals surface area contributed by atoms with Crippen LogP contribution in [0.2, 0.25) is 0 Å². The second-order valence-corrected chi connectivity index (χ2v) is 4.78. The van der Waals surface area contributed by atoms with Crippen LogP contribution in [-0.2, 0) is 0 Å². The van der Waals surface area contributed by atoms with Gasteiger partial charge in [-0.15, -0.1) is 0 Å². The van der Waals surface area contributed by atoms with Crippen molar-refractivity contribution < 1.29 is 0 Å². The van der Waals surface area contributed by atoms with Gasteiger partial charge in [-0.1, -0.05) is 18.2 Å². The van der Waals surface area contributed by atoms with Gasteiger partial charge in [0.1, 0.15) is 0 Å². The van der Waals surface area contributed by atoms with E-state index < -0.39 is 0 Å². The topological polar surface area (TPSA) is 15.3 Å². The van der Waals surface area contributed by atoms with Gasteiger partial charge in [0.2, 0.25) is 0 Å². The van der Waals surface area contributed by atoms with Crippen LogP contribution in [0.3, 0.4) is 0 Å². The summed E-state index contributed by atoms with van der Waals surface area (Å²) in [6.45, 7) is 5.45. The molecule has 16 heavy (non-hydrogen) atoms. The van der Waals surface area contributed by atoms with Crippen molar-refractivity contribution in [3.8, 4) is 0 Å². The second-order valence-electron chi connectivity index (χ2n) is 4.78. The van der Waals surface area contributed by atoms with Crippen molar-refractivity contribution in [3.05, 3.63) is 34.9 Å². The summed E-state index contributed by atoms with van der Waals surface area (Å²) < 4.78 is 0. The molecule has 0 aromatic heterocycles. The number of benzene rings is 1. The van der Waals surface area contributed by atoms with Crippen molar-refractivity contribution in [3.63, 3.8) is 0 Å². The highest BCUT2D eigenvalue weighted by Crippen LogP contribution is 2.19. The molecule has 1 aromatic carbocycles. The number of nitrogens with one attached hydrogen (secondary N) is 1. The van der Waals surface area contributed by atoms with Gasteiger partial charge in [-0.25, -0.2) is 0 Å². The highest BCUT2D eigenvalue weighted by molar-refractivity contribution is 5.31. The van der Waals surface area contributed by atoms with E-state index in [2.05, 4.69) is 56.4 Å². The molecule has 2 heteroatoms. The second kappa shape index (κ2) is 6.02. The molecule has 0 aliphatic rings. The van der Waals surface area contributed by atoms with Gasteiger partial charge in [0, 0.05) is 6.04 Å². The maximum absolute atomic E-state index is 3.39. The van der Waals surface area contributed by atoms with Crippen molar-refractivity contribution >= 4 is 0 Å². The Labute approximate surface area is 99.7 Å². The molecule has 0 fully saturated rings. The van der Waals surface area contributed by atoms with Crippen LogP contribution in [0.4, 0.5) is 0 Å². The van der Waals surface area contributed by atoms with E-state index in [9.17, 15) is 0 Å². The van der Waals surface area contributed by atoms with E-state index in [4.69, 9.17) is 0 Å². The van der Waals surface area contributed by atoms with E-state index in [-0.39, 0.29) is 0 Å². The average Bonchev–Trinajstić information content (AvgIpc) is 2.23. The smallest absolute Gasteiger partial charge is 0.0329 e. The van der Waals surface area contributed by atoms with Gasteiger partial charge in [0.05, 0.1) is 0 Å². The summed E-state index contributed by atoms with van der Waals surface area (Å²) in [5, 5.41) is 3.39. The van der Waals surface area contributed by atoms with Crippen LogP contribution in [0.15, 0.2) is 18.2 Å². The van der Waals surface area contributed by atoms with E-state index >= 15 is 0 Å². The van der Waals surface area contributed by atoms with E-state index in [0.29, 0.717) is 6.04 Å². The Kier molecular flexibility index (Phi) is 4.97. The van der Waals surface area contributed by atoms with Crippen LogP contribution in [0.5, 0.6) is 0 Å². The predicted octanol–water partition coefficient (Wildman–Crippen LogP) is 2.52. The third-order valence-corrected chi connectivity index (χ3v) is 3.15. The molecule has 0 spiro atoms. The Bertz CT molecular complexity index is 332. The zero-order valence-electron chi connectivity index (χ0n) is 11.2. The van der Waals surface area contributed by atoms with Gasteiger partial charge >= 0.3 is 0 Å². The lowest BCUT2D eigenvalue weighted by molar-refractivity contribution is 0.368. The van der Waals surface area contributed by atoms with Crippen molar-refractivity contribution in [1.29, 1.82) is 0 Å². The average molecular weight is 220 g/mol. The molecule has 2 nitrogen and oxygen atoms in total. The molecule has 0 aliphatic heterocycles. The summed E-state index contributed by atoms with van der Waals surface area (Å²) in [6.07, 6.45) is 1.14. The summed E-state index contributed by atoms with van der Waals surface area (Å²) >= 11 is 0. The standard InChI is InChI=1S/C14H24N2/c1-11-6-7-13(10-12(11)2)14(15-3)8-9-16(4)5/h6-7,10,14-15H,8-9H2,1-5H3. The zero-order valence-corrected chi connectivity index (χ0v) is 11.2. The highest BCUT2D eigenvalue weighted by Gasteiger charge is 2.09. The maximum atomic E-state index is 3.39. The molecule has 1 aromatic rings. The van der Waals surface area contributed by atoms with E-state index in [1.54, 1.807) is 0 Å². The van der Waals surface area contributed by atoms with Crippen molar-refractivity contribution in [2.45, 2.75) is 26.3 Å². The zero-order chi connectivity index (χ0) is 12.1. The van der Waals surface area contributed by atoms with Gasteiger partial charge < -0.3 is 10.2 Å². The summed E-state index contributed by atoms with van der Waals surface area (Å²) in [5.41, 5.74) is 4.14. The first kappa shape index (κ1) is 13.2. The summed E-state index contributed by atoms with van der Waals surface area (Å²) in [7, 11) is 6.27. The molecule has 1 atom stereocenters. The van der Waals surface area contributed by atoms with E-state index in [0.717, 1.165) is 13.0 Å². The summed E-state index contributed by atoms with van der Waals surface area (Å²) in [4.78, 5) is 2.23. The van der Waals surface area contributed by atoms with Gasteiger partial charge in [-0.05, 0) is 64.6 Å². The van der Waals surface area contributed by atoms with Crippen LogP contribution in [-0.4, -0.2) is 32.6 Å². The third-order valence-electron chi connectivity index (χ3n) is 3.15. The lowest BCUT2D eigenvalue weighted by atomic mass is 9.99. The molecule has 0 saturated carbocycles. The molecule has 0 heterocycles. The summed E-state index contributed by atoms with van der Waals surface area (Å²) in [6, 6.07) is 7.21. The van der Waals surface area contributed by atoms with Crippen molar-refractivity contribution in [2.75, 3.05) is 27.7 Å². The number of rotatable bonds is 5. The third kappa shape index (κ3) is 3.62. The molecule has 0 aliphatic carbocycles. The van der Waals surface area contributed by atoms with Crippen LogP contribution < -0.4 is 5.32 Å². The Morgan fingerprint density at radius 1 is 1.19 bits per heavy atom. The first-order valence-corrected chi connectivity index (χ1v) is 5.93. The van der Waals surface area contributed by atoms with Crippen LogP contribution >= 0.6 is 0 Å². The number of nitrogens with zero attached hydrogens (tertiary/aromatic N) is 1. The molecule has 1 unspecified atom stereocenters. The van der Waals surface area contributed by atoms with Crippen LogP contribution in [0, 0.1) is 13.8 Å². The maximum Gasteiger partial charge on any atom is 0.0329 e. The van der Waals surface area contributed by atoms with Gasteiger partial charge in [0.15, 0.2) is 0 Å². The van der Waals surface area contributed by atoms with Crippen molar-refractivity contribution in [2.24, 2.45) is 0 Å². The Morgan fingerprint density at radius 3 is 2.38 bits per heavy atom. The lowest BCUT2D eigenvalue weighted by Crippen LogP contribution is -2.23. The fraction of sp³-hybridized carbons (Fsp3) is 0.571. The lowest BCUT2D eigenvalue weighted by Gasteiger charge is -2.20. The first-order valence-electron chi connectivity index (χ1n) is 5.93. The first-order chi connectivity index (χ1) is 7.54. The minimum atomic E-state index is 0.460. The quantitative estimate of drug-likeness (QED) is 0.820. The molecule has 90 valence electrons. The minimum Gasteiger partial charge on any atom is -0.313 e. The molecular formula is C14H24N2. The fourth-order valence-electron chi connectivity index (χ4n) is 1.85. The molecule has 1 rings (SSSR count).